The lowest BCUT2D eigenvalue weighted by Gasteiger charge is -2.19. The van der Waals surface area contributed by atoms with Crippen molar-refractivity contribution in [3.63, 3.8) is 0 Å². The second kappa shape index (κ2) is 4.03. The molecule has 5 nitrogen and oxygen atoms in total. The molecule has 0 unspecified atom stereocenters. The molecule has 0 aromatic heterocycles. The smallest absolute Gasteiger partial charge is 0.262 e. The van der Waals surface area contributed by atoms with Crippen LogP contribution in [0.15, 0.2) is 17.0 Å². The van der Waals surface area contributed by atoms with Crippen LogP contribution in [0.25, 0.3) is 0 Å². The highest BCUT2D eigenvalue weighted by molar-refractivity contribution is 7.91. The molecule has 1 heterocycles. The number of carbonyl (C=O) groups excluding carboxylic acids is 1. The van der Waals surface area contributed by atoms with Gasteiger partial charge in [-0.2, -0.15) is 0 Å². The van der Waals surface area contributed by atoms with Gasteiger partial charge in [0.2, 0.25) is 0 Å². The Hall–Kier alpha value is -1.56. The predicted molar refractivity (Wildman–Crippen MR) is 63.0 cm³/mol. The van der Waals surface area contributed by atoms with Crippen molar-refractivity contribution in [1.82, 2.24) is 0 Å². The summed E-state index contributed by atoms with van der Waals surface area (Å²) >= 11 is 0. The Balaban J connectivity index is 2.56. The topological polar surface area (TPSA) is 72.5 Å². The van der Waals surface area contributed by atoms with Gasteiger partial charge in [-0.1, -0.05) is 6.92 Å². The summed E-state index contributed by atoms with van der Waals surface area (Å²) < 4.78 is 28.9. The lowest BCUT2D eigenvalue weighted by atomic mass is 10.2. The van der Waals surface area contributed by atoms with Gasteiger partial charge in [-0.25, -0.2) is 8.42 Å². The molecule has 0 fully saturated rings. The number of carbonyl (C=O) groups is 1. The number of nitrogens with one attached hydrogen (secondary N) is 1. The van der Waals surface area contributed by atoms with Crippen LogP contribution < -0.4 is 10.1 Å². The number of fused-ring (bicyclic) bond motifs is 1. The van der Waals surface area contributed by atoms with Crippen LogP contribution in [0.2, 0.25) is 0 Å². The Kier molecular flexibility index (Phi) is 2.82. The second-order valence-electron chi connectivity index (χ2n) is 3.85. The first-order valence-electron chi connectivity index (χ1n) is 5.24. The molecule has 1 amide bonds. The first kappa shape index (κ1) is 11.9. The van der Waals surface area contributed by atoms with Crippen LogP contribution in [0.4, 0.5) is 5.69 Å². The monoisotopic (exact) mass is 255 g/mol. The van der Waals surface area contributed by atoms with Gasteiger partial charge in [0, 0.05) is 6.07 Å². The van der Waals surface area contributed by atoms with E-state index in [0.29, 0.717) is 17.0 Å². The Morgan fingerprint density at radius 3 is 2.76 bits per heavy atom. The summed E-state index contributed by atoms with van der Waals surface area (Å²) in [5, 5.41) is 2.64. The molecule has 6 heteroatoms. The fourth-order valence-corrected chi connectivity index (χ4v) is 2.85. The van der Waals surface area contributed by atoms with E-state index in [1.807, 2.05) is 0 Å². The molecular weight excluding hydrogens is 242 g/mol. The van der Waals surface area contributed by atoms with Crippen LogP contribution in [0.1, 0.15) is 12.5 Å². The minimum Gasteiger partial charge on any atom is -0.482 e. The van der Waals surface area contributed by atoms with Crippen LogP contribution in [-0.4, -0.2) is 26.7 Å². The molecule has 0 aliphatic carbocycles. The van der Waals surface area contributed by atoms with E-state index in [4.69, 9.17) is 4.74 Å². The number of hydrogen-bond acceptors (Lipinski definition) is 4. The molecule has 1 aliphatic heterocycles. The normalized spacial score (nSPS) is 14.8. The predicted octanol–water partition coefficient (Wildman–Crippen LogP) is 1.12. The maximum atomic E-state index is 11.8. The van der Waals surface area contributed by atoms with Gasteiger partial charge in [-0.15, -0.1) is 0 Å². The van der Waals surface area contributed by atoms with Gasteiger partial charge in [-0.3, -0.25) is 4.79 Å². The molecular formula is C11H13NO4S. The second-order valence-corrected chi connectivity index (χ2v) is 6.10. The first-order valence-corrected chi connectivity index (χ1v) is 6.89. The summed E-state index contributed by atoms with van der Waals surface area (Å²) in [7, 11) is -3.27. The van der Waals surface area contributed by atoms with E-state index in [9.17, 15) is 13.2 Å². The SMILES string of the molecule is CCS(=O)(=O)c1cc2c(cc1C)NC(=O)CO2. The van der Waals surface area contributed by atoms with Gasteiger partial charge in [0.1, 0.15) is 5.75 Å². The summed E-state index contributed by atoms with van der Waals surface area (Å²) in [6.45, 7) is 3.21. The molecule has 1 aliphatic rings. The quantitative estimate of drug-likeness (QED) is 0.859. The number of anilines is 1. The molecule has 0 saturated heterocycles. The summed E-state index contributed by atoms with van der Waals surface area (Å²) in [5.41, 5.74) is 1.13. The van der Waals surface area contributed by atoms with Crippen LogP contribution >= 0.6 is 0 Å². The van der Waals surface area contributed by atoms with Gasteiger partial charge >= 0.3 is 0 Å². The molecule has 0 saturated carbocycles. The first-order chi connectivity index (χ1) is 7.94. The third-order valence-corrected chi connectivity index (χ3v) is 4.50. The third-order valence-electron chi connectivity index (χ3n) is 2.63. The molecule has 92 valence electrons. The summed E-state index contributed by atoms with van der Waals surface area (Å²) in [6.07, 6.45) is 0. The maximum Gasteiger partial charge on any atom is 0.262 e. The highest BCUT2D eigenvalue weighted by Crippen LogP contribution is 2.33. The van der Waals surface area contributed by atoms with Crippen molar-refractivity contribution in [2.45, 2.75) is 18.7 Å². The van der Waals surface area contributed by atoms with Crippen molar-refractivity contribution in [2.75, 3.05) is 17.7 Å². The third kappa shape index (κ3) is 2.12. The number of benzene rings is 1. The van der Waals surface area contributed by atoms with E-state index in [-0.39, 0.29) is 23.2 Å². The van der Waals surface area contributed by atoms with Crippen molar-refractivity contribution in [3.05, 3.63) is 17.7 Å². The zero-order valence-corrected chi connectivity index (χ0v) is 10.4. The number of sulfone groups is 1. The largest absolute Gasteiger partial charge is 0.482 e. The highest BCUT2D eigenvalue weighted by atomic mass is 32.2. The van der Waals surface area contributed by atoms with E-state index in [1.54, 1.807) is 19.9 Å². The average Bonchev–Trinajstić information content (AvgIpc) is 2.27. The Morgan fingerprint density at radius 1 is 1.41 bits per heavy atom. The fraction of sp³-hybridized carbons (Fsp3) is 0.364. The van der Waals surface area contributed by atoms with Crippen molar-refractivity contribution in [2.24, 2.45) is 0 Å². The molecule has 1 aromatic rings. The Labute approximate surface area is 99.7 Å². The Morgan fingerprint density at radius 2 is 2.12 bits per heavy atom. The van der Waals surface area contributed by atoms with E-state index < -0.39 is 9.84 Å². The summed E-state index contributed by atoms with van der Waals surface area (Å²) in [5.74, 6) is 0.212. The molecule has 0 atom stereocenters. The van der Waals surface area contributed by atoms with Gasteiger partial charge in [-0.05, 0) is 18.6 Å². The van der Waals surface area contributed by atoms with E-state index >= 15 is 0 Å². The average molecular weight is 255 g/mol. The molecule has 2 rings (SSSR count). The van der Waals surface area contributed by atoms with Gasteiger partial charge in [0.15, 0.2) is 16.4 Å². The minimum atomic E-state index is -3.27. The van der Waals surface area contributed by atoms with Crippen molar-refractivity contribution < 1.29 is 17.9 Å². The van der Waals surface area contributed by atoms with Crippen LogP contribution in [0, 0.1) is 6.92 Å². The molecule has 17 heavy (non-hydrogen) atoms. The van der Waals surface area contributed by atoms with Gasteiger partial charge < -0.3 is 10.1 Å². The lowest BCUT2D eigenvalue weighted by molar-refractivity contribution is -0.118. The molecule has 0 spiro atoms. The van der Waals surface area contributed by atoms with Crippen molar-refractivity contribution in [1.29, 1.82) is 0 Å². The number of aryl methyl sites for hydroxylation is 1. The fourth-order valence-electron chi connectivity index (χ4n) is 1.71. The van der Waals surface area contributed by atoms with Gasteiger partial charge in [0.05, 0.1) is 16.3 Å². The zero-order chi connectivity index (χ0) is 12.6. The van der Waals surface area contributed by atoms with Crippen molar-refractivity contribution >= 4 is 21.4 Å². The van der Waals surface area contributed by atoms with Crippen molar-refractivity contribution in [3.8, 4) is 5.75 Å². The number of ether oxygens (including phenoxy) is 1. The summed E-state index contributed by atoms with van der Waals surface area (Å²) in [6, 6.07) is 3.10. The number of hydrogen-bond donors (Lipinski definition) is 1. The van der Waals surface area contributed by atoms with Gasteiger partial charge in [0.25, 0.3) is 5.91 Å². The molecule has 1 aromatic carbocycles. The summed E-state index contributed by atoms with van der Waals surface area (Å²) in [4.78, 5) is 11.4. The van der Waals surface area contributed by atoms with E-state index in [2.05, 4.69) is 5.32 Å². The number of amides is 1. The van der Waals surface area contributed by atoms with E-state index in [1.165, 1.54) is 6.07 Å². The molecule has 0 radical (unpaired) electrons. The highest BCUT2D eigenvalue weighted by Gasteiger charge is 2.22. The van der Waals surface area contributed by atoms with Crippen LogP contribution in [-0.2, 0) is 14.6 Å². The standard InChI is InChI=1S/C11H13NO4S/c1-3-17(14,15)10-5-9-8(4-7(10)2)12-11(13)6-16-9/h4-5H,3,6H2,1-2H3,(H,12,13). The molecule has 0 bridgehead atoms. The van der Waals surface area contributed by atoms with Crippen LogP contribution in [0.3, 0.4) is 0 Å². The lowest BCUT2D eigenvalue weighted by Crippen LogP contribution is -2.25. The van der Waals surface area contributed by atoms with Crippen LogP contribution in [0.5, 0.6) is 5.75 Å². The number of rotatable bonds is 2. The van der Waals surface area contributed by atoms with E-state index in [0.717, 1.165) is 0 Å². The zero-order valence-electron chi connectivity index (χ0n) is 9.61. The maximum absolute atomic E-state index is 11.8. The molecule has 1 N–H and O–H groups in total. The minimum absolute atomic E-state index is 0.0407. The Bertz CT molecular complexity index is 577.